The Morgan fingerprint density at radius 3 is 2.09 bits per heavy atom. The van der Waals surface area contributed by atoms with Crippen LogP contribution in [0.3, 0.4) is 0 Å². The van der Waals surface area contributed by atoms with Crippen LogP contribution in [-0.2, 0) is 15.8 Å². The summed E-state index contributed by atoms with van der Waals surface area (Å²) < 4.78 is 48.0. The first-order valence-electron chi connectivity index (χ1n) is 6.10. The molecule has 2 aromatic carbocycles. The summed E-state index contributed by atoms with van der Waals surface area (Å²) in [7, 11) is -3.64. The normalized spacial score (nSPS) is 11.2. The number of rotatable bonds is 4. The molecule has 22 heavy (non-hydrogen) atoms. The monoisotopic (exact) mass is 326 g/mol. The minimum absolute atomic E-state index is 0.161. The Hall–Kier alpha value is -2.32. The van der Waals surface area contributed by atoms with Crippen LogP contribution in [0.5, 0.6) is 0 Å². The molecule has 0 aliphatic carbocycles. The van der Waals surface area contributed by atoms with Gasteiger partial charge in [-0.25, -0.2) is 22.3 Å². The first-order chi connectivity index (χ1) is 10.2. The molecule has 8 heteroatoms. The van der Waals surface area contributed by atoms with Gasteiger partial charge in [0.15, 0.2) is 0 Å². The molecule has 3 N–H and O–H groups in total. The van der Waals surface area contributed by atoms with Crippen LogP contribution in [0.1, 0.15) is 15.9 Å². The SMILES string of the molecule is NS(=O)(=O)Cc1ccc(NC(=O)c2cc(F)cc(F)c2)cc1. The minimum Gasteiger partial charge on any atom is -0.322 e. The van der Waals surface area contributed by atoms with Gasteiger partial charge in [-0.05, 0) is 29.8 Å². The van der Waals surface area contributed by atoms with Crippen molar-refractivity contribution < 1.29 is 22.0 Å². The van der Waals surface area contributed by atoms with Crippen LogP contribution in [0, 0.1) is 11.6 Å². The van der Waals surface area contributed by atoms with Gasteiger partial charge in [-0.3, -0.25) is 4.79 Å². The van der Waals surface area contributed by atoms with Crippen molar-refractivity contribution in [1.29, 1.82) is 0 Å². The fraction of sp³-hybridized carbons (Fsp3) is 0.0714. The maximum absolute atomic E-state index is 13.0. The van der Waals surface area contributed by atoms with Crippen molar-refractivity contribution in [2.75, 3.05) is 5.32 Å². The molecular formula is C14H12F2N2O3S. The number of sulfonamides is 1. The van der Waals surface area contributed by atoms with Gasteiger partial charge in [0.1, 0.15) is 11.6 Å². The molecule has 1 amide bonds. The average Bonchev–Trinajstić information content (AvgIpc) is 2.38. The summed E-state index contributed by atoms with van der Waals surface area (Å²) in [6.07, 6.45) is 0. The standard InChI is InChI=1S/C14H12F2N2O3S/c15-11-5-10(6-12(16)7-11)14(19)18-13-3-1-9(2-4-13)8-22(17,20)21/h1-7H,8H2,(H,18,19)(H2,17,20,21). The van der Waals surface area contributed by atoms with Crippen molar-refractivity contribution in [3.05, 3.63) is 65.2 Å². The molecule has 0 aromatic heterocycles. The second kappa shape index (κ2) is 6.20. The van der Waals surface area contributed by atoms with Gasteiger partial charge in [0.2, 0.25) is 10.0 Å². The molecule has 0 aliphatic heterocycles. The molecule has 2 aromatic rings. The lowest BCUT2D eigenvalue weighted by molar-refractivity contribution is 0.102. The Balaban J connectivity index is 2.12. The van der Waals surface area contributed by atoms with Crippen molar-refractivity contribution in [3.8, 4) is 0 Å². The first-order valence-corrected chi connectivity index (χ1v) is 7.81. The Morgan fingerprint density at radius 2 is 1.59 bits per heavy atom. The first kappa shape index (κ1) is 16.1. The van der Waals surface area contributed by atoms with E-state index in [-0.39, 0.29) is 11.3 Å². The molecule has 0 bridgehead atoms. The lowest BCUT2D eigenvalue weighted by Crippen LogP contribution is -2.15. The number of benzene rings is 2. The zero-order chi connectivity index (χ0) is 16.3. The molecule has 0 saturated carbocycles. The summed E-state index contributed by atoms with van der Waals surface area (Å²) >= 11 is 0. The minimum atomic E-state index is -3.64. The maximum atomic E-state index is 13.0. The number of anilines is 1. The van der Waals surface area contributed by atoms with Crippen LogP contribution in [0.2, 0.25) is 0 Å². The number of hydrogen-bond donors (Lipinski definition) is 2. The van der Waals surface area contributed by atoms with E-state index in [0.717, 1.165) is 12.1 Å². The Kier molecular flexibility index (Phi) is 4.53. The summed E-state index contributed by atoms with van der Waals surface area (Å²) in [4.78, 5) is 11.9. The van der Waals surface area contributed by atoms with Crippen LogP contribution in [0.15, 0.2) is 42.5 Å². The molecule has 0 saturated heterocycles. The van der Waals surface area contributed by atoms with E-state index in [1.807, 2.05) is 0 Å². The third-order valence-corrected chi connectivity index (χ3v) is 3.44. The topological polar surface area (TPSA) is 89.3 Å². The second-order valence-corrected chi connectivity index (χ2v) is 6.23. The number of carbonyl (C=O) groups excluding carboxylic acids is 1. The Labute approximate surface area is 125 Å². The third kappa shape index (κ3) is 4.61. The van der Waals surface area contributed by atoms with Gasteiger partial charge in [0, 0.05) is 17.3 Å². The molecule has 0 aliphatic rings. The fourth-order valence-electron chi connectivity index (χ4n) is 1.80. The van der Waals surface area contributed by atoms with E-state index in [4.69, 9.17) is 5.14 Å². The van der Waals surface area contributed by atoms with E-state index in [9.17, 15) is 22.0 Å². The summed E-state index contributed by atoms with van der Waals surface area (Å²) in [5.74, 6) is -2.71. The number of halogens is 2. The highest BCUT2D eigenvalue weighted by Crippen LogP contribution is 2.14. The van der Waals surface area contributed by atoms with Crippen LogP contribution in [0.25, 0.3) is 0 Å². The van der Waals surface area contributed by atoms with Gasteiger partial charge in [-0.15, -0.1) is 0 Å². The van der Waals surface area contributed by atoms with E-state index >= 15 is 0 Å². The number of carbonyl (C=O) groups is 1. The number of nitrogens with two attached hydrogens (primary N) is 1. The third-order valence-electron chi connectivity index (χ3n) is 2.70. The van der Waals surface area contributed by atoms with Crippen LogP contribution in [0.4, 0.5) is 14.5 Å². The molecule has 116 valence electrons. The zero-order valence-corrected chi connectivity index (χ0v) is 12.0. The lowest BCUT2D eigenvalue weighted by atomic mass is 10.2. The number of primary sulfonamides is 1. The molecule has 0 unspecified atom stereocenters. The van der Waals surface area contributed by atoms with Crippen molar-refractivity contribution in [2.45, 2.75) is 5.75 Å². The van der Waals surface area contributed by atoms with E-state index in [2.05, 4.69) is 5.32 Å². The van der Waals surface area contributed by atoms with Crippen molar-refractivity contribution in [1.82, 2.24) is 0 Å². The molecule has 0 radical (unpaired) electrons. The highest BCUT2D eigenvalue weighted by atomic mass is 32.2. The molecule has 0 fully saturated rings. The Morgan fingerprint density at radius 1 is 1.05 bits per heavy atom. The summed E-state index contributed by atoms with van der Waals surface area (Å²) in [6.45, 7) is 0. The lowest BCUT2D eigenvalue weighted by Gasteiger charge is -2.07. The van der Waals surface area contributed by atoms with Gasteiger partial charge in [-0.1, -0.05) is 12.1 Å². The van der Waals surface area contributed by atoms with Gasteiger partial charge in [0.05, 0.1) is 5.75 Å². The number of hydrogen-bond acceptors (Lipinski definition) is 3. The maximum Gasteiger partial charge on any atom is 0.255 e. The highest BCUT2D eigenvalue weighted by molar-refractivity contribution is 7.88. The molecule has 5 nitrogen and oxygen atoms in total. The Bertz CT molecular complexity index is 785. The van der Waals surface area contributed by atoms with Gasteiger partial charge in [-0.2, -0.15) is 0 Å². The van der Waals surface area contributed by atoms with E-state index < -0.39 is 27.6 Å². The largest absolute Gasteiger partial charge is 0.322 e. The molecule has 0 spiro atoms. The second-order valence-electron chi connectivity index (χ2n) is 4.62. The van der Waals surface area contributed by atoms with Crippen LogP contribution in [-0.4, -0.2) is 14.3 Å². The van der Waals surface area contributed by atoms with Gasteiger partial charge >= 0.3 is 0 Å². The quantitative estimate of drug-likeness (QED) is 0.900. The summed E-state index contributed by atoms with van der Waals surface area (Å²) in [5, 5.41) is 7.37. The van der Waals surface area contributed by atoms with Crippen molar-refractivity contribution in [2.24, 2.45) is 5.14 Å². The van der Waals surface area contributed by atoms with Crippen molar-refractivity contribution >= 4 is 21.6 Å². The fourth-order valence-corrected chi connectivity index (χ4v) is 2.46. The van der Waals surface area contributed by atoms with Crippen LogP contribution >= 0.6 is 0 Å². The van der Waals surface area contributed by atoms with Gasteiger partial charge in [0.25, 0.3) is 5.91 Å². The van der Waals surface area contributed by atoms with Crippen LogP contribution < -0.4 is 10.5 Å². The number of amides is 1. The smallest absolute Gasteiger partial charge is 0.255 e. The predicted molar refractivity (Wildman–Crippen MR) is 77.6 cm³/mol. The molecule has 0 atom stereocenters. The van der Waals surface area contributed by atoms with E-state index in [0.29, 0.717) is 17.3 Å². The van der Waals surface area contributed by atoms with Gasteiger partial charge < -0.3 is 5.32 Å². The van der Waals surface area contributed by atoms with E-state index in [1.165, 1.54) is 24.3 Å². The highest BCUT2D eigenvalue weighted by Gasteiger charge is 2.10. The van der Waals surface area contributed by atoms with Crippen molar-refractivity contribution in [3.63, 3.8) is 0 Å². The average molecular weight is 326 g/mol. The molecular weight excluding hydrogens is 314 g/mol. The predicted octanol–water partition coefficient (Wildman–Crippen LogP) is 2.01. The molecule has 2 rings (SSSR count). The number of nitrogens with one attached hydrogen (secondary N) is 1. The zero-order valence-electron chi connectivity index (χ0n) is 11.2. The summed E-state index contributed by atoms with van der Waals surface area (Å²) in [6, 6.07) is 8.38. The van der Waals surface area contributed by atoms with E-state index in [1.54, 1.807) is 0 Å². The molecule has 0 heterocycles. The summed E-state index contributed by atoms with van der Waals surface area (Å²) in [5.41, 5.74) is 0.649.